The molecule has 0 bridgehead atoms. The number of unbranched alkanes of at least 4 members (excludes halogenated alkanes) is 14. The third-order valence-corrected chi connectivity index (χ3v) is 5.23. The average Bonchev–Trinajstić information content (AvgIpc) is 2.68. The first-order valence-corrected chi connectivity index (χ1v) is 12.2. The molecule has 0 fully saturated rings. The van der Waals surface area contributed by atoms with Gasteiger partial charge < -0.3 is 14.8 Å². The maximum Gasteiger partial charge on any atom is 0.158 e. The summed E-state index contributed by atoms with van der Waals surface area (Å²) < 4.78 is 12.0. The zero-order valence-electron chi connectivity index (χ0n) is 19.0. The van der Waals surface area contributed by atoms with E-state index in [1.54, 1.807) is 0 Å². The molecule has 0 aliphatic heterocycles. The third kappa shape index (κ3) is 22.0. The Balaban J connectivity index is 3.53. The van der Waals surface area contributed by atoms with Gasteiger partial charge in [0, 0.05) is 19.6 Å². The molecule has 0 aliphatic carbocycles. The molecule has 0 atom stereocenters. The Hall–Kier alpha value is -0.120. The molecule has 0 unspecified atom stereocenters. The third-order valence-electron chi connectivity index (χ3n) is 5.23. The Morgan fingerprint density at radius 1 is 0.556 bits per heavy atom. The van der Waals surface area contributed by atoms with Gasteiger partial charge in [0.15, 0.2) is 6.29 Å². The summed E-state index contributed by atoms with van der Waals surface area (Å²) in [7, 11) is 1.99. The average molecular weight is 386 g/mol. The summed E-state index contributed by atoms with van der Waals surface area (Å²) in [5, 5.41) is 3.21. The lowest BCUT2D eigenvalue weighted by Crippen LogP contribution is -2.23. The van der Waals surface area contributed by atoms with Crippen molar-refractivity contribution >= 4 is 0 Å². The van der Waals surface area contributed by atoms with Crippen molar-refractivity contribution < 1.29 is 9.47 Å². The predicted octanol–water partition coefficient (Wildman–Crippen LogP) is 7.24. The molecule has 0 aromatic carbocycles. The normalized spacial score (nSPS) is 11.6. The highest BCUT2D eigenvalue weighted by Gasteiger charge is 2.08. The fourth-order valence-electron chi connectivity index (χ4n) is 3.38. The van der Waals surface area contributed by atoms with E-state index in [0.29, 0.717) is 0 Å². The fourth-order valence-corrected chi connectivity index (χ4v) is 3.38. The molecule has 0 spiro atoms. The van der Waals surface area contributed by atoms with E-state index in [-0.39, 0.29) is 6.29 Å². The van der Waals surface area contributed by atoms with Gasteiger partial charge in [-0.25, -0.2) is 0 Å². The molecule has 0 rings (SSSR count). The molecule has 0 saturated carbocycles. The van der Waals surface area contributed by atoms with Crippen molar-refractivity contribution in [2.75, 3.05) is 26.8 Å². The van der Waals surface area contributed by atoms with Crippen molar-refractivity contribution in [3.63, 3.8) is 0 Å². The van der Waals surface area contributed by atoms with Crippen LogP contribution in [0, 0.1) is 0 Å². The van der Waals surface area contributed by atoms with Gasteiger partial charge in [0.1, 0.15) is 0 Å². The Kier molecular flexibility index (Phi) is 23.8. The second-order valence-corrected chi connectivity index (χ2v) is 8.01. The highest BCUT2D eigenvalue weighted by Crippen LogP contribution is 2.11. The van der Waals surface area contributed by atoms with Crippen LogP contribution >= 0.6 is 0 Å². The summed E-state index contributed by atoms with van der Waals surface area (Å²) >= 11 is 0. The molecular weight excluding hydrogens is 334 g/mol. The van der Waals surface area contributed by atoms with E-state index in [9.17, 15) is 0 Å². The van der Waals surface area contributed by atoms with Crippen LogP contribution in [-0.2, 0) is 9.47 Å². The standard InChI is InChI=1S/C24H51NO2/c1-4-6-8-10-12-14-16-18-22-26-24(20-21-25-3)27-23-19-17-15-13-11-9-7-5-2/h24-25H,4-23H2,1-3H3. The molecule has 164 valence electrons. The summed E-state index contributed by atoms with van der Waals surface area (Å²) in [4.78, 5) is 0. The largest absolute Gasteiger partial charge is 0.353 e. The SMILES string of the molecule is CCCCCCCCCCOC(CCNC)OCCCCCCCCCC. The smallest absolute Gasteiger partial charge is 0.158 e. The topological polar surface area (TPSA) is 30.5 Å². The van der Waals surface area contributed by atoms with Gasteiger partial charge in [0.25, 0.3) is 0 Å². The fraction of sp³-hybridized carbons (Fsp3) is 1.00. The predicted molar refractivity (Wildman–Crippen MR) is 119 cm³/mol. The Morgan fingerprint density at radius 2 is 0.926 bits per heavy atom. The molecule has 27 heavy (non-hydrogen) atoms. The summed E-state index contributed by atoms with van der Waals surface area (Å²) in [6, 6.07) is 0. The van der Waals surface area contributed by atoms with Crippen molar-refractivity contribution in [2.45, 2.75) is 129 Å². The summed E-state index contributed by atoms with van der Waals surface area (Å²) in [6.07, 6.45) is 22.4. The second-order valence-electron chi connectivity index (χ2n) is 8.01. The van der Waals surface area contributed by atoms with Gasteiger partial charge in [-0.3, -0.25) is 0 Å². The van der Waals surface area contributed by atoms with Gasteiger partial charge in [0.2, 0.25) is 0 Å². The van der Waals surface area contributed by atoms with E-state index < -0.39 is 0 Å². The lowest BCUT2D eigenvalue weighted by Gasteiger charge is -2.18. The number of hydrogen-bond acceptors (Lipinski definition) is 3. The van der Waals surface area contributed by atoms with E-state index in [2.05, 4.69) is 19.2 Å². The summed E-state index contributed by atoms with van der Waals surface area (Å²) in [5.74, 6) is 0. The van der Waals surface area contributed by atoms with Gasteiger partial charge in [-0.15, -0.1) is 0 Å². The maximum absolute atomic E-state index is 6.00. The lowest BCUT2D eigenvalue weighted by molar-refractivity contribution is -0.146. The lowest BCUT2D eigenvalue weighted by atomic mass is 10.1. The highest BCUT2D eigenvalue weighted by molar-refractivity contribution is 4.52. The van der Waals surface area contributed by atoms with E-state index in [1.165, 1.54) is 103 Å². The van der Waals surface area contributed by atoms with Gasteiger partial charge in [-0.05, 0) is 26.4 Å². The summed E-state index contributed by atoms with van der Waals surface area (Å²) in [6.45, 7) is 7.21. The molecule has 1 N–H and O–H groups in total. The van der Waals surface area contributed by atoms with Crippen LogP contribution in [0.3, 0.4) is 0 Å². The second kappa shape index (κ2) is 23.9. The maximum atomic E-state index is 6.00. The van der Waals surface area contributed by atoms with Crippen molar-refractivity contribution in [1.29, 1.82) is 0 Å². The first-order chi connectivity index (χ1) is 13.3. The Bertz CT molecular complexity index is 239. The number of nitrogens with one attached hydrogen (secondary N) is 1. The van der Waals surface area contributed by atoms with Crippen molar-refractivity contribution in [3.8, 4) is 0 Å². The Labute approximate surface area is 171 Å². The number of rotatable bonds is 23. The molecular formula is C24H51NO2. The van der Waals surface area contributed by atoms with Crippen molar-refractivity contribution in [1.82, 2.24) is 5.32 Å². The molecule has 3 nitrogen and oxygen atoms in total. The first kappa shape index (κ1) is 26.9. The minimum atomic E-state index is -0.0217. The summed E-state index contributed by atoms with van der Waals surface area (Å²) in [5.41, 5.74) is 0. The molecule has 0 saturated heterocycles. The van der Waals surface area contributed by atoms with Crippen LogP contribution in [0.5, 0.6) is 0 Å². The highest BCUT2D eigenvalue weighted by atomic mass is 16.7. The molecule has 3 heteroatoms. The number of ether oxygens (including phenoxy) is 2. The quantitative estimate of drug-likeness (QED) is 0.148. The van der Waals surface area contributed by atoms with Crippen LogP contribution in [0.1, 0.15) is 123 Å². The number of hydrogen-bond donors (Lipinski definition) is 1. The minimum Gasteiger partial charge on any atom is -0.353 e. The van der Waals surface area contributed by atoms with E-state index in [4.69, 9.17) is 9.47 Å². The first-order valence-electron chi connectivity index (χ1n) is 12.2. The molecule has 0 amide bonds. The van der Waals surface area contributed by atoms with Crippen LogP contribution in [-0.4, -0.2) is 33.1 Å². The monoisotopic (exact) mass is 385 g/mol. The Morgan fingerprint density at radius 3 is 1.30 bits per heavy atom. The van der Waals surface area contributed by atoms with Crippen molar-refractivity contribution in [2.24, 2.45) is 0 Å². The van der Waals surface area contributed by atoms with E-state index in [1.807, 2.05) is 7.05 Å². The van der Waals surface area contributed by atoms with Gasteiger partial charge in [-0.1, -0.05) is 104 Å². The zero-order chi connectivity index (χ0) is 19.8. The molecule has 0 aromatic rings. The molecule has 0 heterocycles. The molecule has 0 radical (unpaired) electrons. The molecule has 0 aromatic heterocycles. The van der Waals surface area contributed by atoms with Crippen LogP contribution in [0.15, 0.2) is 0 Å². The molecule has 0 aliphatic rings. The minimum absolute atomic E-state index is 0.0217. The van der Waals surface area contributed by atoms with Crippen LogP contribution in [0.2, 0.25) is 0 Å². The van der Waals surface area contributed by atoms with E-state index in [0.717, 1.165) is 26.2 Å². The van der Waals surface area contributed by atoms with Crippen LogP contribution in [0.25, 0.3) is 0 Å². The van der Waals surface area contributed by atoms with E-state index >= 15 is 0 Å². The van der Waals surface area contributed by atoms with Gasteiger partial charge in [0.05, 0.1) is 0 Å². The van der Waals surface area contributed by atoms with Crippen LogP contribution in [0.4, 0.5) is 0 Å². The van der Waals surface area contributed by atoms with Gasteiger partial charge in [-0.2, -0.15) is 0 Å². The zero-order valence-corrected chi connectivity index (χ0v) is 19.0. The van der Waals surface area contributed by atoms with Gasteiger partial charge >= 0.3 is 0 Å². The van der Waals surface area contributed by atoms with Crippen molar-refractivity contribution in [3.05, 3.63) is 0 Å². The van der Waals surface area contributed by atoms with Crippen LogP contribution < -0.4 is 5.32 Å².